The van der Waals surface area contributed by atoms with Crippen LogP contribution in [0.1, 0.15) is 35.1 Å². The van der Waals surface area contributed by atoms with E-state index in [1.165, 1.54) is 6.07 Å². The van der Waals surface area contributed by atoms with Crippen molar-refractivity contribution in [2.75, 3.05) is 44.2 Å². The molecule has 4 rings (SSSR count). The molecule has 2 aliphatic rings. The molecule has 1 amide bonds. The van der Waals surface area contributed by atoms with Gasteiger partial charge in [-0.15, -0.1) is 5.10 Å². The van der Waals surface area contributed by atoms with Gasteiger partial charge < -0.3 is 15.1 Å². The maximum Gasteiger partial charge on any atom is 0.276 e. The molecule has 1 aromatic carbocycles. The summed E-state index contributed by atoms with van der Waals surface area (Å²) in [6.45, 7) is 5.48. The second kappa shape index (κ2) is 7.83. The van der Waals surface area contributed by atoms with Crippen LogP contribution in [0, 0.1) is 18.6 Å². The van der Waals surface area contributed by atoms with Gasteiger partial charge in [-0.25, -0.2) is 13.5 Å². The average Bonchev–Trinajstić information content (AvgIpc) is 3.11. The number of halogens is 2. The zero-order valence-corrected chi connectivity index (χ0v) is 15.9. The Morgan fingerprint density at radius 3 is 2.57 bits per heavy atom. The number of aromatic nitrogens is 3. The van der Waals surface area contributed by atoms with Gasteiger partial charge in [-0.05, 0) is 45.0 Å². The van der Waals surface area contributed by atoms with Crippen LogP contribution in [0.5, 0.6) is 0 Å². The van der Waals surface area contributed by atoms with Crippen molar-refractivity contribution < 1.29 is 13.6 Å². The van der Waals surface area contributed by atoms with Gasteiger partial charge in [0.2, 0.25) is 0 Å². The van der Waals surface area contributed by atoms with Crippen molar-refractivity contribution in [2.24, 2.45) is 0 Å². The van der Waals surface area contributed by atoms with Gasteiger partial charge in [-0.2, -0.15) is 0 Å². The van der Waals surface area contributed by atoms with E-state index in [4.69, 9.17) is 0 Å². The number of rotatable bonds is 3. The first-order chi connectivity index (χ1) is 13.5. The fourth-order valence-corrected chi connectivity index (χ4v) is 3.96. The van der Waals surface area contributed by atoms with Crippen LogP contribution in [0.4, 0.5) is 14.5 Å². The van der Waals surface area contributed by atoms with Crippen LogP contribution >= 0.6 is 0 Å². The number of hydrogen-bond donors (Lipinski definition) is 1. The molecule has 150 valence electrons. The van der Waals surface area contributed by atoms with Crippen molar-refractivity contribution in [3.63, 3.8) is 0 Å². The molecule has 2 saturated heterocycles. The van der Waals surface area contributed by atoms with Gasteiger partial charge in [0.05, 0.1) is 17.4 Å². The second-order valence-corrected chi connectivity index (χ2v) is 7.32. The number of benzene rings is 1. The lowest BCUT2D eigenvalue weighted by Crippen LogP contribution is -2.49. The van der Waals surface area contributed by atoms with Crippen molar-refractivity contribution in [2.45, 2.75) is 25.8 Å². The van der Waals surface area contributed by atoms with E-state index < -0.39 is 11.6 Å². The molecule has 0 spiro atoms. The number of carbonyl (C=O) groups is 1. The number of hydrogen-bond acceptors (Lipinski definition) is 5. The van der Waals surface area contributed by atoms with Gasteiger partial charge in [-0.1, -0.05) is 5.21 Å². The van der Waals surface area contributed by atoms with E-state index in [-0.39, 0.29) is 17.6 Å². The minimum atomic E-state index is -0.472. The predicted molar refractivity (Wildman–Crippen MR) is 100 cm³/mol. The fourth-order valence-electron chi connectivity index (χ4n) is 3.96. The topological polar surface area (TPSA) is 66.3 Å². The third-order valence-electron chi connectivity index (χ3n) is 5.60. The lowest BCUT2D eigenvalue weighted by atomic mass is 10.1. The Labute approximate surface area is 162 Å². The fraction of sp³-hybridized carbons (Fsp3) is 0.526. The molecule has 0 unspecified atom stereocenters. The molecule has 3 heterocycles. The smallest absolute Gasteiger partial charge is 0.276 e. The molecule has 2 aromatic rings. The molecule has 1 aromatic heterocycles. The SMILES string of the molecule is Cc1c(C(=O)N2CCN(c3cc(F)ccc3F)CC2)nnn1C1CCNCC1. The van der Waals surface area contributed by atoms with Crippen LogP contribution in [-0.2, 0) is 0 Å². The van der Waals surface area contributed by atoms with Crippen LogP contribution in [0.3, 0.4) is 0 Å². The molecule has 0 aliphatic carbocycles. The summed E-state index contributed by atoms with van der Waals surface area (Å²) in [5.74, 6) is -1.08. The zero-order chi connectivity index (χ0) is 19.7. The number of piperazine rings is 1. The standard InChI is InChI=1S/C19H24F2N6O/c1-13-18(23-24-27(13)15-4-6-22-7-5-15)19(28)26-10-8-25(9-11-26)17-12-14(20)2-3-16(17)21/h2-3,12,15,22H,4-11H2,1H3. The van der Waals surface area contributed by atoms with E-state index in [2.05, 4.69) is 15.6 Å². The van der Waals surface area contributed by atoms with E-state index in [1.54, 1.807) is 9.80 Å². The third kappa shape index (κ3) is 3.58. The Kier molecular flexibility index (Phi) is 5.25. The second-order valence-electron chi connectivity index (χ2n) is 7.32. The van der Waals surface area contributed by atoms with Gasteiger partial charge in [0.25, 0.3) is 5.91 Å². The van der Waals surface area contributed by atoms with Gasteiger partial charge in [0.1, 0.15) is 11.6 Å². The van der Waals surface area contributed by atoms with Crippen molar-refractivity contribution in [3.05, 3.63) is 41.2 Å². The minimum absolute atomic E-state index is 0.156. The average molecular weight is 390 g/mol. The van der Waals surface area contributed by atoms with E-state index in [0.29, 0.717) is 31.9 Å². The molecule has 0 saturated carbocycles. The van der Waals surface area contributed by atoms with Crippen LogP contribution < -0.4 is 10.2 Å². The predicted octanol–water partition coefficient (Wildman–Crippen LogP) is 1.75. The van der Waals surface area contributed by atoms with Gasteiger partial charge in [-0.3, -0.25) is 4.79 Å². The highest BCUT2D eigenvalue weighted by Crippen LogP contribution is 2.24. The van der Waals surface area contributed by atoms with Crippen LogP contribution in [0.25, 0.3) is 0 Å². The van der Waals surface area contributed by atoms with Gasteiger partial charge in [0, 0.05) is 32.2 Å². The summed E-state index contributed by atoms with van der Waals surface area (Å²) >= 11 is 0. The summed E-state index contributed by atoms with van der Waals surface area (Å²) in [6, 6.07) is 3.70. The molecule has 2 fully saturated rings. The molecule has 2 aliphatic heterocycles. The van der Waals surface area contributed by atoms with Crippen LogP contribution in [0.2, 0.25) is 0 Å². The quantitative estimate of drug-likeness (QED) is 0.865. The van der Waals surface area contributed by atoms with E-state index >= 15 is 0 Å². The van der Waals surface area contributed by atoms with Crippen molar-refractivity contribution in [1.29, 1.82) is 0 Å². The summed E-state index contributed by atoms with van der Waals surface area (Å²) < 4.78 is 29.3. The van der Waals surface area contributed by atoms with E-state index in [9.17, 15) is 13.6 Å². The number of amides is 1. The summed E-state index contributed by atoms with van der Waals surface area (Å²) in [5, 5.41) is 11.7. The maximum atomic E-state index is 14.0. The minimum Gasteiger partial charge on any atom is -0.366 e. The molecular formula is C19H24F2N6O. The summed E-state index contributed by atoms with van der Waals surface area (Å²) in [5.41, 5.74) is 1.40. The monoisotopic (exact) mass is 390 g/mol. The summed E-state index contributed by atoms with van der Waals surface area (Å²) in [7, 11) is 0. The van der Waals surface area contributed by atoms with Crippen LogP contribution in [0.15, 0.2) is 18.2 Å². The first-order valence-corrected chi connectivity index (χ1v) is 9.66. The molecule has 0 atom stereocenters. The number of anilines is 1. The Hall–Kier alpha value is -2.55. The number of carbonyl (C=O) groups excluding carboxylic acids is 1. The highest BCUT2D eigenvalue weighted by molar-refractivity contribution is 5.93. The largest absolute Gasteiger partial charge is 0.366 e. The highest BCUT2D eigenvalue weighted by atomic mass is 19.1. The Morgan fingerprint density at radius 1 is 1.14 bits per heavy atom. The Bertz CT molecular complexity index is 856. The molecule has 7 nitrogen and oxygen atoms in total. The Morgan fingerprint density at radius 2 is 1.86 bits per heavy atom. The number of nitrogens with one attached hydrogen (secondary N) is 1. The summed E-state index contributed by atoms with van der Waals surface area (Å²) in [6.07, 6.45) is 1.94. The highest BCUT2D eigenvalue weighted by Gasteiger charge is 2.29. The van der Waals surface area contributed by atoms with E-state index in [0.717, 1.165) is 43.8 Å². The first-order valence-electron chi connectivity index (χ1n) is 9.66. The molecule has 0 radical (unpaired) electrons. The first kappa shape index (κ1) is 18.8. The van der Waals surface area contributed by atoms with E-state index in [1.807, 2.05) is 11.6 Å². The van der Waals surface area contributed by atoms with Gasteiger partial charge >= 0.3 is 0 Å². The molecule has 28 heavy (non-hydrogen) atoms. The zero-order valence-electron chi connectivity index (χ0n) is 15.9. The van der Waals surface area contributed by atoms with Crippen molar-refractivity contribution in [3.8, 4) is 0 Å². The van der Waals surface area contributed by atoms with Crippen LogP contribution in [-0.4, -0.2) is 65.1 Å². The molecular weight excluding hydrogens is 366 g/mol. The lowest BCUT2D eigenvalue weighted by molar-refractivity contribution is 0.0739. The van der Waals surface area contributed by atoms with Crippen molar-refractivity contribution in [1.82, 2.24) is 25.2 Å². The molecule has 9 heteroatoms. The number of nitrogens with zero attached hydrogens (tertiary/aromatic N) is 5. The maximum absolute atomic E-state index is 14.0. The Balaban J connectivity index is 1.43. The normalized spacial score (nSPS) is 18.5. The molecule has 1 N–H and O–H groups in total. The lowest BCUT2D eigenvalue weighted by Gasteiger charge is -2.36. The number of piperidine rings is 1. The van der Waals surface area contributed by atoms with Crippen molar-refractivity contribution >= 4 is 11.6 Å². The summed E-state index contributed by atoms with van der Waals surface area (Å²) in [4.78, 5) is 16.4. The van der Waals surface area contributed by atoms with Gasteiger partial charge in [0.15, 0.2) is 5.69 Å². The molecule has 0 bridgehead atoms. The third-order valence-corrected chi connectivity index (χ3v) is 5.60.